The largest absolute Gasteiger partial charge is 0.496 e. The number of carbonyl (C=O) groups excluding carboxylic acids is 1. The van der Waals surface area contributed by atoms with Crippen molar-refractivity contribution in [3.63, 3.8) is 0 Å². The monoisotopic (exact) mass is 460 g/mol. The Morgan fingerprint density at radius 1 is 0.938 bits per heavy atom. The fourth-order valence-electron chi connectivity index (χ4n) is 3.90. The van der Waals surface area contributed by atoms with Gasteiger partial charge >= 0.3 is 0 Å². The summed E-state index contributed by atoms with van der Waals surface area (Å²) in [6.07, 6.45) is 4.52. The molecule has 2 aliphatic rings. The van der Waals surface area contributed by atoms with Crippen molar-refractivity contribution in [2.45, 2.75) is 37.0 Å². The minimum atomic E-state index is -3.69. The Kier molecular flexibility index (Phi) is 6.86. The second-order valence-corrected chi connectivity index (χ2v) is 9.78. The van der Waals surface area contributed by atoms with Gasteiger partial charge in [0.05, 0.1) is 30.8 Å². The van der Waals surface area contributed by atoms with Crippen LogP contribution in [0.5, 0.6) is 17.2 Å². The fourth-order valence-corrected chi connectivity index (χ4v) is 5.44. The Labute approximate surface area is 188 Å². The summed E-state index contributed by atoms with van der Waals surface area (Å²) in [6.45, 7) is 2.10. The van der Waals surface area contributed by atoms with Gasteiger partial charge in [0.2, 0.25) is 10.0 Å². The Bertz CT molecular complexity index is 1080. The molecular formula is C23H28N2O6S. The third-order valence-corrected chi connectivity index (χ3v) is 7.52. The SMILES string of the molecule is COc1ccc(S(=O)(=O)N2CCCCCC2)cc1C(=O)Nc1ccc2c(c1)OCCCO2. The van der Waals surface area contributed by atoms with E-state index in [-0.39, 0.29) is 10.5 Å². The molecule has 2 aliphatic heterocycles. The summed E-state index contributed by atoms with van der Waals surface area (Å²) in [5.41, 5.74) is 0.664. The standard InChI is InChI=1S/C23H28N2O6S/c1-29-20-10-8-18(32(27,28)25-11-4-2-3-5-12-25)16-19(20)23(26)24-17-7-9-21-22(15-17)31-14-6-13-30-21/h7-10,15-16H,2-6,11-14H2,1H3,(H,24,26). The highest BCUT2D eigenvalue weighted by Gasteiger charge is 2.27. The molecule has 8 nitrogen and oxygen atoms in total. The molecule has 1 saturated heterocycles. The smallest absolute Gasteiger partial charge is 0.259 e. The zero-order valence-electron chi connectivity index (χ0n) is 18.1. The van der Waals surface area contributed by atoms with E-state index >= 15 is 0 Å². The van der Waals surface area contributed by atoms with E-state index in [0.29, 0.717) is 49.2 Å². The van der Waals surface area contributed by atoms with Crippen LogP contribution in [-0.2, 0) is 10.0 Å². The lowest BCUT2D eigenvalue weighted by molar-refractivity contribution is 0.102. The predicted octanol–water partition coefficient (Wildman–Crippen LogP) is 3.67. The van der Waals surface area contributed by atoms with Crippen molar-refractivity contribution >= 4 is 21.6 Å². The number of hydrogen-bond acceptors (Lipinski definition) is 6. The molecular weight excluding hydrogens is 432 g/mol. The van der Waals surface area contributed by atoms with Crippen LogP contribution in [0.25, 0.3) is 0 Å². The number of benzene rings is 2. The zero-order chi connectivity index (χ0) is 22.6. The first kappa shape index (κ1) is 22.4. The van der Waals surface area contributed by atoms with Crippen LogP contribution in [-0.4, -0.2) is 52.0 Å². The molecule has 4 rings (SSSR count). The predicted molar refractivity (Wildman–Crippen MR) is 120 cm³/mol. The topological polar surface area (TPSA) is 94.2 Å². The first-order chi connectivity index (χ1) is 15.5. The molecule has 0 saturated carbocycles. The van der Waals surface area contributed by atoms with E-state index in [1.54, 1.807) is 18.2 Å². The van der Waals surface area contributed by atoms with E-state index in [1.807, 2.05) is 0 Å². The molecule has 32 heavy (non-hydrogen) atoms. The number of amides is 1. The number of fused-ring (bicyclic) bond motifs is 1. The van der Waals surface area contributed by atoms with Crippen molar-refractivity contribution < 1.29 is 27.4 Å². The third-order valence-electron chi connectivity index (χ3n) is 5.62. The Hall–Kier alpha value is -2.78. The van der Waals surface area contributed by atoms with Gasteiger partial charge in [-0.3, -0.25) is 4.79 Å². The zero-order valence-corrected chi connectivity index (χ0v) is 18.9. The van der Waals surface area contributed by atoms with Gasteiger partial charge in [0.1, 0.15) is 5.75 Å². The van der Waals surface area contributed by atoms with E-state index in [2.05, 4.69) is 5.32 Å². The van der Waals surface area contributed by atoms with E-state index in [1.165, 1.54) is 29.6 Å². The molecule has 0 aliphatic carbocycles. The maximum Gasteiger partial charge on any atom is 0.259 e. The Morgan fingerprint density at radius 3 is 2.38 bits per heavy atom. The average molecular weight is 461 g/mol. The minimum Gasteiger partial charge on any atom is -0.496 e. The van der Waals surface area contributed by atoms with Gasteiger partial charge in [-0.15, -0.1) is 0 Å². The first-order valence-corrected chi connectivity index (χ1v) is 12.3. The molecule has 2 aromatic rings. The minimum absolute atomic E-state index is 0.0870. The molecule has 0 bridgehead atoms. The average Bonchev–Trinajstić information content (AvgIpc) is 3.22. The molecule has 1 fully saturated rings. The number of methoxy groups -OCH3 is 1. The van der Waals surface area contributed by atoms with E-state index in [0.717, 1.165) is 32.1 Å². The van der Waals surface area contributed by atoms with Crippen LogP contribution < -0.4 is 19.5 Å². The second-order valence-electron chi connectivity index (χ2n) is 7.85. The van der Waals surface area contributed by atoms with E-state index < -0.39 is 15.9 Å². The number of nitrogens with zero attached hydrogens (tertiary/aromatic N) is 1. The van der Waals surface area contributed by atoms with Gasteiger partial charge in [0, 0.05) is 31.3 Å². The maximum atomic E-state index is 13.2. The molecule has 0 spiro atoms. The lowest BCUT2D eigenvalue weighted by atomic mass is 10.1. The van der Waals surface area contributed by atoms with Crippen molar-refractivity contribution in [1.29, 1.82) is 0 Å². The summed E-state index contributed by atoms with van der Waals surface area (Å²) in [7, 11) is -2.25. The van der Waals surface area contributed by atoms with Crippen molar-refractivity contribution in [1.82, 2.24) is 4.31 Å². The van der Waals surface area contributed by atoms with Gasteiger partial charge in [-0.1, -0.05) is 12.8 Å². The third kappa shape index (κ3) is 4.83. The molecule has 9 heteroatoms. The maximum absolute atomic E-state index is 13.2. The van der Waals surface area contributed by atoms with Gasteiger partial charge in [-0.2, -0.15) is 4.31 Å². The Morgan fingerprint density at radius 2 is 1.66 bits per heavy atom. The summed E-state index contributed by atoms with van der Waals surface area (Å²) in [4.78, 5) is 13.2. The van der Waals surface area contributed by atoms with Crippen LogP contribution in [0.4, 0.5) is 5.69 Å². The van der Waals surface area contributed by atoms with Gasteiger partial charge in [-0.25, -0.2) is 8.42 Å². The molecule has 0 radical (unpaired) electrons. The number of hydrogen-bond donors (Lipinski definition) is 1. The molecule has 0 aromatic heterocycles. The van der Waals surface area contributed by atoms with Crippen molar-refractivity contribution in [3.8, 4) is 17.2 Å². The van der Waals surface area contributed by atoms with E-state index in [9.17, 15) is 13.2 Å². The second kappa shape index (κ2) is 9.79. The summed E-state index contributed by atoms with van der Waals surface area (Å²) in [5.74, 6) is 1.02. The molecule has 2 heterocycles. The number of rotatable bonds is 5. The van der Waals surface area contributed by atoms with Crippen LogP contribution >= 0.6 is 0 Å². The Balaban J connectivity index is 1.60. The van der Waals surface area contributed by atoms with Crippen LogP contribution in [0, 0.1) is 0 Å². The number of anilines is 1. The van der Waals surface area contributed by atoms with Crippen molar-refractivity contribution in [2.75, 3.05) is 38.7 Å². The molecule has 1 amide bonds. The van der Waals surface area contributed by atoms with Crippen LogP contribution in [0.15, 0.2) is 41.3 Å². The lowest BCUT2D eigenvalue weighted by Crippen LogP contribution is -2.32. The van der Waals surface area contributed by atoms with Crippen molar-refractivity contribution in [2.24, 2.45) is 0 Å². The summed E-state index contributed by atoms with van der Waals surface area (Å²) < 4.78 is 44.5. The summed E-state index contributed by atoms with van der Waals surface area (Å²) in [5, 5.41) is 2.81. The number of nitrogens with one attached hydrogen (secondary N) is 1. The normalized spacial score (nSPS) is 17.2. The first-order valence-electron chi connectivity index (χ1n) is 10.9. The van der Waals surface area contributed by atoms with Crippen LogP contribution in [0.3, 0.4) is 0 Å². The van der Waals surface area contributed by atoms with Gasteiger partial charge in [0.25, 0.3) is 5.91 Å². The van der Waals surface area contributed by atoms with Crippen LogP contribution in [0.2, 0.25) is 0 Å². The van der Waals surface area contributed by atoms with E-state index in [4.69, 9.17) is 14.2 Å². The van der Waals surface area contributed by atoms with Crippen molar-refractivity contribution in [3.05, 3.63) is 42.0 Å². The fraction of sp³-hybridized carbons (Fsp3) is 0.435. The molecule has 0 unspecified atom stereocenters. The summed E-state index contributed by atoms with van der Waals surface area (Å²) in [6, 6.07) is 9.56. The van der Waals surface area contributed by atoms with Gasteiger partial charge in [-0.05, 0) is 43.2 Å². The summed E-state index contributed by atoms with van der Waals surface area (Å²) >= 11 is 0. The highest BCUT2D eigenvalue weighted by molar-refractivity contribution is 7.89. The molecule has 0 atom stereocenters. The van der Waals surface area contributed by atoms with Gasteiger partial charge < -0.3 is 19.5 Å². The molecule has 172 valence electrons. The van der Waals surface area contributed by atoms with Crippen LogP contribution in [0.1, 0.15) is 42.5 Å². The molecule has 2 aromatic carbocycles. The number of carbonyl (C=O) groups is 1. The highest BCUT2D eigenvalue weighted by Crippen LogP contribution is 2.33. The number of ether oxygens (including phenoxy) is 3. The quantitative estimate of drug-likeness (QED) is 0.732. The van der Waals surface area contributed by atoms with Gasteiger partial charge in [0.15, 0.2) is 11.5 Å². The lowest BCUT2D eigenvalue weighted by Gasteiger charge is -2.20. The number of sulfonamides is 1. The highest BCUT2D eigenvalue weighted by atomic mass is 32.2. The molecule has 1 N–H and O–H groups in total.